The molecule has 0 spiro atoms. The fourth-order valence-corrected chi connectivity index (χ4v) is 3.15. The molecule has 2 heterocycles. The number of methoxy groups -OCH3 is 1. The Bertz CT molecular complexity index is 668. The number of benzene rings is 1. The lowest BCUT2D eigenvalue weighted by molar-refractivity contribution is -0.134. The molecule has 23 heavy (non-hydrogen) atoms. The van der Waals surface area contributed by atoms with E-state index in [4.69, 9.17) is 9.47 Å². The number of amides is 1. The minimum Gasteiger partial charge on any atom is -0.497 e. The molecule has 1 aliphatic heterocycles. The number of morpholine rings is 1. The number of carbonyl (C=O) groups excluding carboxylic acids is 1. The van der Waals surface area contributed by atoms with Crippen LogP contribution in [-0.4, -0.2) is 43.8 Å². The average molecular weight is 333 g/mol. The molecule has 3 rings (SSSR count). The molecule has 1 saturated heterocycles. The van der Waals surface area contributed by atoms with Crippen LogP contribution in [0.1, 0.15) is 4.88 Å². The summed E-state index contributed by atoms with van der Waals surface area (Å²) in [6.07, 6.45) is 1.38. The Labute approximate surface area is 138 Å². The van der Waals surface area contributed by atoms with Gasteiger partial charge in [-0.05, 0) is 12.1 Å². The van der Waals surface area contributed by atoms with Gasteiger partial charge in [-0.15, -0.1) is 11.3 Å². The van der Waals surface area contributed by atoms with Crippen LogP contribution in [0.3, 0.4) is 0 Å². The fraction of sp³-hybridized carbons (Fsp3) is 0.375. The molecule has 1 aliphatic rings. The zero-order chi connectivity index (χ0) is 16.1. The van der Waals surface area contributed by atoms with Crippen LogP contribution < -0.4 is 15.4 Å². The molecule has 1 amide bonds. The van der Waals surface area contributed by atoms with Crippen LogP contribution in [0.2, 0.25) is 0 Å². The van der Waals surface area contributed by atoms with E-state index >= 15 is 0 Å². The van der Waals surface area contributed by atoms with Crippen LogP contribution in [0.4, 0.5) is 0 Å². The van der Waals surface area contributed by atoms with Crippen LogP contribution in [-0.2, 0) is 16.1 Å². The van der Waals surface area contributed by atoms with E-state index in [1.807, 2.05) is 24.3 Å². The highest BCUT2D eigenvalue weighted by molar-refractivity contribution is 7.15. The maximum atomic E-state index is 12.0. The van der Waals surface area contributed by atoms with Gasteiger partial charge in [0.15, 0.2) is 0 Å². The smallest absolute Gasteiger partial charge is 0.250 e. The van der Waals surface area contributed by atoms with E-state index in [9.17, 15) is 4.79 Å². The molecule has 0 bridgehead atoms. The predicted octanol–water partition coefficient (Wildman–Crippen LogP) is 1.42. The first-order chi connectivity index (χ1) is 11.3. The third-order valence-electron chi connectivity index (χ3n) is 3.53. The Morgan fingerprint density at radius 1 is 1.57 bits per heavy atom. The van der Waals surface area contributed by atoms with E-state index < -0.39 is 6.10 Å². The third kappa shape index (κ3) is 4.07. The van der Waals surface area contributed by atoms with Gasteiger partial charge in [0.2, 0.25) is 0 Å². The number of aromatic nitrogens is 1. The Balaban J connectivity index is 1.59. The summed E-state index contributed by atoms with van der Waals surface area (Å²) in [6.45, 7) is 2.38. The summed E-state index contributed by atoms with van der Waals surface area (Å²) >= 11 is 1.56. The summed E-state index contributed by atoms with van der Waals surface area (Å²) in [4.78, 5) is 17.4. The van der Waals surface area contributed by atoms with E-state index in [1.165, 1.54) is 0 Å². The summed E-state index contributed by atoms with van der Waals surface area (Å²) in [7, 11) is 1.64. The first kappa shape index (κ1) is 15.9. The maximum absolute atomic E-state index is 12.0. The van der Waals surface area contributed by atoms with Crippen LogP contribution in [0.25, 0.3) is 10.6 Å². The first-order valence-electron chi connectivity index (χ1n) is 7.45. The molecular weight excluding hydrogens is 314 g/mol. The minimum absolute atomic E-state index is 0.0893. The number of carbonyl (C=O) groups is 1. The summed E-state index contributed by atoms with van der Waals surface area (Å²) < 4.78 is 10.7. The summed E-state index contributed by atoms with van der Waals surface area (Å²) in [6, 6.07) is 7.77. The molecule has 1 aromatic carbocycles. The molecule has 122 valence electrons. The van der Waals surface area contributed by atoms with E-state index in [2.05, 4.69) is 15.6 Å². The Morgan fingerprint density at radius 2 is 2.48 bits per heavy atom. The molecule has 1 atom stereocenters. The highest BCUT2D eigenvalue weighted by Crippen LogP contribution is 2.27. The number of nitrogens with zero attached hydrogens (tertiary/aromatic N) is 1. The summed E-state index contributed by atoms with van der Waals surface area (Å²) in [5.74, 6) is 0.711. The van der Waals surface area contributed by atoms with Crippen molar-refractivity contribution in [3.05, 3.63) is 35.3 Å². The SMILES string of the molecule is COc1cccc(-c2ncc(CNC(=O)[C@@H]3CNCCO3)s2)c1. The van der Waals surface area contributed by atoms with Crippen LogP contribution in [0, 0.1) is 0 Å². The second-order valence-corrected chi connectivity index (χ2v) is 6.26. The van der Waals surface area contributed by atoms with Gasteiger partial charge < -0.3 is 20.1 Å². The normalized spacial score (nSPS) is 17.7. The molecule has 2 N–H and O–H groups in total. The quantitative estimate of drug-likeness (QED) is 0.866. The zero-order valence-electron chi connectivity index (χ0n) is 12.9. The number of thiazole rings is 1. The predicted molar refractivity (Wildman–Crippen MR) is 88.6 cm³/mol. The highest BCUT2D eigenvalue weighted by atomic mass is 32.1. The second-order valence-electron chi connectivity index (χ2n) is 5.15. The minimum atomic E-state index is -0.408. The van der Waals surface area contributed by atoms with Crippen molar-refractivity contribution >= 4 is 17.2 Å². The van der Waals surface area contributed by atoms with Crippen molar-refractivity contribution < 1.29 is 14.3 Å². The molecule has 1 aromatic heterocycles. The van der Waals surface area contributed by atoms with Crippen molar-refractivity contribution in [1.82, 2.24) is 15.6 Å². The van der Waals surface area contributed by atoms with Crippen molar-refractivity contribution in [1.29, 1.82) is 0 Å². The topological polar surface area (TPSA) is 72.5 Å². The van der Waals surface area contributed by atoms with Crippen molar-refractivity contribution in [3.8, 4) is 16.3 Å². The summed E-state index contributed by atoms with van der Waals surface area (Å²) in [5, 5.41) is 6.95. The van der Waals surface area contributed by atoms with Crippen molar-refractivity contribution in [2.45, 2.75) is 12.6 Å². The average Bonchev–Trinajstić information content (AvgIpc) is 3.09. The van der Waals surface area contributed by atoms with Gasteiger partial charge in [-0.2, -0.15) is 0 Å². The number of ether oxygens (including phenoxy) is 2. The molecule has 0 radical (unpaired) electrons. The molecule has 1 fully saturated rings. The molecule has 0 aliphatic carbocycles. The van der Waals surface area contributed by atoms with E-state index in [-0.39, 0.29) is 5.91 Å². The zero-order valence-corrected chi connectivity index (χ0v) is 13.7. The Morgan fingerprint density at radius 3 is 3.26 bits per heavy atom. The lowest BCUT2D eigenvalue weighted by Gasteiger charge is -2.22. The second kappa shape index (κ2) is 7.54. The Kier molecular flexibility index (Phi) is 5.22. The molecule has 7 heteroatoms. The first-order valence-corrected chi connectivity index (χ1v) is 8.27. The largest absolute Gasteiger partial charge is 0.497 e. The van der Waals surface area contributed by atoms with Gasteiger partial charge in [0, 0.05) is 29.7 Å². The maximum Gasteiger partial charge on any atom is 0.250 e. The third-order valence-corrected chi connectivity index (χ3v) is 4.57. The molecule has 0 saturated carbocycles. The number of rotatable bonds is 5. The van der Waals surface area contributed by atoms with Crippen LogP contribution in [0.15, 0.2) is 30.5 Å². The van der Waals surface area contributed by atoms with Gasteiger partial charge in [-0.3, -0.25) is 4.79 Å². The number of hydrogen-bond donors (Lipinski definition) is 2. The number of hydrogen-bond acceptors (Lipinski definition) is 6. The highest BCUT2D eigenvalue weighted by Gasteiger charge is 2.21. The van der Waals surface area contributed by atoms with E-state index in [1.54, 1.807) is 24.6 Å². The van der Waals surface area contributed by atoms with E-state index in [0.717, 1.165) is 27.7 Å². The van der Waals surface area contributed by atoms with Gasteiger partial charge in [0.25, 0.3) is 5.91 Å². The molecule has 0 unspecified atom stereocenters. The lowest BCUT2D eigenvalue weighted by Crippen LogP contribution is -2.47. The summed E-state index contributed by atoms with van der Waals surface area (Å²) in [5.41, 5.74) is 1.01. The van der Waals surface area contributed by atoms with E-state index in [0.29, 0.717) is 19.7 Å². The van der Waals surface area contributed by atoms with Crippen LogP contribution in [0.5, 0.6) is 5.75 Å². The standard InChI is InChI=1S/C16H19N3O3S/c1-21-12-4-2-3-11(7-12)16-19-9-13(23-16)8-18-15(20)14-10-17-5-6-22-14/h2-4,7,9,14,17H,5-6,8,10H2,1H3,(H,18,20)/t14-/m0/s1. The lowest BCUT2D eigenvalue weighted by atomic mass is 10.2. The van der Waals surface area contributed by atoms with Crippen LogP contribution >= 0.6 is 11.3 Å². The Hall–Kier alpha value is -1.96. The fourth-order valence-electron chi connectivity index (χ4n) is 2.30. The van der Waals surface area contributed by atoms with Gasteiger partial charge in [0.05, 0.1) is 20.3 Å². The molecule has 2 aromatic rings. The van der Waals surface area contributed by atoms with Gasteiger partial charge in [-0.1, -0.05) is 12.1 Å². The van der Waals surface area contributed by atoms with Crippen molar-refractivity contribution in [3.63, 3.8) is 0 Å². The van der Waals surface area contributed by atoms with Gasteiger partial charge in [0.1, 0.15) is 16.9 Å². The molecule has 6 nitrogen and oxygen atoms in total. The van der Waals surface area contributed by atoms with Crippen molar-refractivity contribution in [2.24, 2.45) is 0 Å². The van der Waals surface area contributed by atoms with Crippen molar-refractivity contribution in [2.75, 3.05) is 26.8 Å². The number of nitrogens with one attached hydrogen (secondary N) is 2. The monoisotopic (exact) mass is 333 g/mol. The van der Waals surface area contributed by atoms with Gasteiger partial charge >= 0.3 is 0 Å². The van der Waals surface area contributed by atoms with Gasteiger partial charge in [-0.25, -0.2) is 4.98 Å². The molecular formula is C16H19N3O3S.